The summed E-state index contributed by atoms with van der Waals surface area (Å²) in [6.07, 6.45) is 0.867. The summed E-state index contributed by atoms with van der Waals surface area (Å²) >= 11 is 0. The minimum atomic E-state index is -0.159. The van der Waals surface area contributed by atoms with Crippen LogP contribution in [-0.2, 0) is 13.0 Å². The van der Waals surface area contributed by atoms with Crippen molar-refractivity contribution < 1.29 is 4.79 Å². The lowest BCUT2D eigenvalue weighted by molar-refractivity contribution is 0.0723. The number of nitrogens with two attached hydrogens (primary N) is 1. The van der Waals surface area contributed by atoms with E-state index in [0.717, 1.165) is 6.42 Å². The van der Waals surface area contributed by atoms with Crippen LogP contribution in [0.2, 0.25) is 0 Å². The Bertz CT molecular complexity index is 592. The van der Waals surface area contributed by atoms with E-state index in [9.17, 15) is 4.79 Å². The zero-order valence-electron chi connectivity index (χ0n) is 9.76. The van der Waals surface area contributed by atoms with Crippen LogP contribution in [0, 0.1) is 0 Å². The second-order valence-electron chi connectivity index (χ2n) is 4.29. The molecule has 1 aliphatic heterocycles. The summed E-state index contributed by atoms with van der Waals surface area (Å²) < 4.78 is 0. The standard InChI is InChI=1S/C12H13N5O/c13-12-14-10(15-16-12)11(18)17-6-5-8-3-1-2-4-9(8)7-17/h1-4H,5-7H2,(H3,13,14,15,16). The summed E-state index contributed by atoms with van der Waals surface area (Å²) in [4.78, 5) is 17.8. The number of benzene rings is 1. The molecule has 2 aromatic rings. The van der Waals surface area contributed by atoms with Crippen molar-refractivity contribution in [2.45, 2.75) is 13.0 Å². The van der Waals surface area contributed by atoms with E-state index in [0.29, 0.717) is 13.1 Å². The summed E-state index contributed by atoms with van der Waals surface area (Å²) in [6, 6.07) is 8.15. The molecular formula is C12H13N5O. The molecule has 0 saturated carbocycles. The minimum absolute atomic E-state index is 0.0933. The number of aromatic amines is 1. The molecule has 0 spiro atoms. The average Bonchev–Trinajstić information content (AvgIpc) is 2.84. The van der Waals surface area contributed by atoms with Gasteiger partial charge in [0.1, 0.15) is 0 Å². The fourth-order valence-corrected chi connectivity index (χ4v) is 2.19. The molecule has 1 aromatic carbocycles. The smallest absolute Gasteiger partial charge is 0.291 e. The van der Waals surface area contributed by atoms with E-state index in [1.165, 1.54) is 11.1 Å². The molecule has 0 saturated heterocycles. The van der Waals surface area contributed by atoms with Crippen LogP contribution >= 0.6 is 0 Å². The Morgan fingerprint density at radius 3 is 2.83 bits per heavy atom. The van der Waals surface area contributed by atoms with Gasteiger partial charge in [0.15, 0.2) is 0 Å². The molecule has 0 bridgehead atoms. The summed E-state index contributed by atoms with van der Waals surface area (Å²) in [5.74, 6) is 0.136. The molecule has 1 amide bonds. The first kappa shape index (κ1) is 10.8. The molecule has 0 radical (unpaired) electrons. The second-order valence-corrected chi connectivity index (χ2v) is 4.29. The van der Waals surface area contributed by atoms with E-state index in [1.54, 1.807) is 4.90 Å². The maximum absolute atomic E-state index is 12.2. The van der Waals surface area contributed by atoms with E-state index in [1.807, 2.05) is 18.2 Å². The molecule has 0 aliphatic carbocycles. The molecule has 18 heavy (non-hydrogen) atoms. The summed E-state index contributed by atoms with van der Waals surface area (Å²) in [7, 11) is 0. The Hall–Kier alpha value is -2.37. The van der Waals surface area contributed by atoms with Gasteiger partial charge in [-0.1, -0.05) is 24.3 Å². The number of carbonyl (C=O) groups is 1. The molecule has 1 aromatic heterocycles. The molecule has 0 fully saturated rings. The Morgan fingerprint density at radius 1 is 1.33 bits per heavy atom. The number of fused-ring (bicyclic) bond motifs is 1. The Labute approximate surface area is 104 Å². The van der Waals surface area contributed by atoms with Gasteiger partial charge in [0.2, 0.25) is 11.8 Å². The van der Waals surface area contributed by atoms with Crippen LogP contribution in [0.4, 0.5) is 5.95 Å². The zero-order chi connectivity index (χ0) is 12.5. The van der Waals surface area contributed by atoms with E-state index in [-0.39, 0.29) is 17.7 Å². The predicted octanol–water partition coefficient (Wildman–Crippen LogP) is 0.585. The third kappa shape index (κ3) is 1.81. The van der Waals surface area contributed by atoms with Crippen molar-refractivity contribution in [2.24, 2.45) is 0 Å². The lowest BCUT2D eigenvalue weighted by Crippen LogP contribution is -2.36. The highest BCUT2D eigenvalue weighted by atomic mass is 16.2. The van der Waals surface area contributed by atoms with Gasteiger partial charge in [0.25, 0.3) is 5.91 Å². The molecular weight excluding hydrogens is 230 g/mol. The maximum Gasteiger partial charge on any atom is 0.291 e. The lowest BCUT2D eigenvalue weighted by atomic mass is 10.00. The Balaban J connectivity index is 1.82. The normalized spacial score (nSPS) is 14.3. The van der Waals surface area contributed by atoms with Gasteiger partial charge in [-0.2, -0.15) is 4.98 Å². The van der Waals surface area contributed by atoms with E-state index >= 15 is 0 Å². The molecule has 1 aliphatic rings. The molecule has 3 rings (SSSR count). The third-order valence-corrected chi connectivity index (χ3v) is 3.12. The van der Waals surface area contributed by atoms with Gasteiger partial charge < -0.3 is 10.6 Å². The first-order chi connectivity index (χ1) is 8.74. The Morgan fingerprint density at radius 2 is 2.11 bits per heavy atom. The fraction of sp³-hybridized carbons (Fsp3) is 0.250. The third-order valence-electron chi connectivity index (χ3n) is 3.12. The van der Waals surface area contributed by atoms with E-state index in [2.05, 4.69) is 21.2 Å². The number of nitrogens with one attached hydrogen (secondary N) is 1. The zero-order valence-corrected chi connectivity index (χ0v) is 9.76. The molecule has 0 unspecified atom stereocenters. The number of hydrogen-bond donors (Lipinski definition) is 2. The highest BCUT2D eigenvalue weighted by molar-refractivity contribution is 5.90. The summed E-state index contributed by atoms with van der Waals surface area (Å²) in [6.45, 7) is 1.30. The van der Waals surface area contributed by atoms with Gasteiger partial charge in [0, 0.05) is 13.1 Å². The van der Waals surface area contributed by atoms with Crippen LogP contribution in [0.5, 0.6) is 0 Å². The molecule has 3 N–H and O–H groups in total. The molecule has 2 heterocycles. The van der Waals surface area contributed by atoms with Crippen LogP contribution in [0.3, 0.4) is 0 Å². The number of rotatable bonds is 1. The SMILES string of the molecule is Nc1n[nH]c(C(=O)N2CCc3ccccc3C2)n1. The van der Waals surface area contributed by atoms with Gasteiger partial charge in [-0.05, 0) is 17.5 Å². The van der Waals surface area contributed by atoms with Crippen LogP contribution in [0.25, 0.3) is 0 Å². The number of aromatic nitrogens is 3. The first-order valence-electron chi connectivity index (χ1n) is 5.78. The lowest BCUT2D eigenvalue weighted by Gasteiger charge is -2.27. The van der Waals surface area contributed by atoms with Gasteiger partial charge in [0.05, 0.1) is 0 Å². The first-order valence-corrected chi connectivity index (χ1v) is 5.78. The van der Waals surface area contributed by atoms with E-state index < -0.39 is 0 Å². The van der Waals surface area contributed by atoms with Crippen LogP contribution in [0.1, 0.15) is 21.7 Å². The molecule has 6 heteroatoms. The fourth-order valence-electron chi connectivity index (χ4n) is 2.19. The summed E-state index contributed by atoms with van der Waals surface area (Å²) in [5, 5.41) is 6.22. The molecule has 92 valence electrons. The predicted molar refractivity (Wildman–Crippen MR) is 65.7 cm³/mol. The van der Waals surface area contributed by atoms with Crippen molar-refractivity contribution in [1.29, 1.82) is 0 Å². The molecule has 0 atom stereocenters. The van der Waals surface area contributed by atoms with Crippen molar-refractivity contribution in [2.75, 3.05) is 12.3 Å². The second kappa shape index (κ2) is 4.14. The van der Waals surface area contributed by atoms with Gasteiger partial charge >= 0.3 is 0 Å². The van der Waals surface area contributed by atoms with Crippen LogP contribution in [-0.4, -0.2) is 32.5 Å². The highest BCUT2D eigenvalue weighted by Crippen LogP contribution is 2.19. The number of nitrogen functional groups attached to an aromatic ring is 1. The van der Waals surface area contributed by atoms with Crippen molar-refractivity contribution >= 4 is 11.9 Å². The average molecular weight is 243 g/mol. The largest absolute Gasteiger partial charge is 0.366 e. The molecule has 6 nitrogen and oxygen atoms in total. The van der Waals surface area contributed by atoms with Gasteiger partial charge in [-0.25, -0.2) is 0 Å². The minimum Gasteiger partial charge on any atom is -0.366 e. The number of nitrogens with zero attached hydrogens (tertiary/aromatic N) is 3. The van der Waals surface area contributed by atoms with Crippen LogP contribution in [0.15, 0.2) is 24.3 Å². The van der Waals surface area contributed by atoms with Crippen molar-refractivity contribution in [3.8, 4) is 0 Å². The number of hydrogen-bond acceptors (Lipinski definition) is 4. The summed E-state index contributed by atoms with van der Waals surface area (Å²) in [5.41, 5.74) is 7.89. The monoisotopic (exact) mass is 243 g/mol. The number of amides is 1. The highest BCUT2D eigenvalue weighted by Gasteiger charge is 2.23. The van der Waals surface area contributed by atoms with Crippen molar-refractivity contribution in [3.63, 3.8) is 0 Å². The maximum atomic E-state index is 12.2. The van der Waals surface area contributed by atoms with Crippen molar-refractivity contribution in [1.82, 2.24) is 20.1 Å². The quantitative estimate of drug-likeness (QED) is 0.767. The van der Waals surface area contributed by atoms with Gasteiger partial charge in [-0.15, -0.1) is 5.10 Å². The van der Waals surface area contributed by atoms with Crippen LogP contribution < -0.4 is 5.73 Å². The number of anilines is 1. The Kier molecular flexibility index (Phi) is 2.47. The number of H-pyrrole nitrogens is 1. The topological polar surface area (TPSA) is 87.9 Å². The van der Waals surface area contributed by atoms with Gasteiger partial charge in [-0.3, -0.25) is 9.89 Å². The van der Waals surface area contributed by atoms with E-state index in [4.69, 9.17) is 5.73 Å². The van der Waals surface area contributed by atoms with Crippen molar-refractivity contribution in [3.05, 3.63) is 41.2 Å². The number of carbonyl (C=O) groups excluding carboxylic acids is 1.